The molecule has 3 N–H and O–H groups in total. The first-order chi connectivity index (χ1) is 30.2. The standard InChI is InChI=1S/C49H48BrN3O8S/c50-43-20-11-10-19-42(43)46-49(28-32-62(56,57)41-17-8-3-9-18-41,52-47(61-46)39-22-24-40(25-23-39)58-31-12-30-54)48(55)53-51-29-27-36-21-26-44(59-34-37-13-4-1-5-14-37)45(33-36)60-35-38-15-6-2-7-16-38/h1-11,13-26,33,46,51,54H,12,27-32,34-35H2,(H,53,55)/t46-,49-/m0/s1. The van der Waals surface area contributed by atoms with Crippen LogP contribution < -0.4 is 25.1 Å². The Balaban J connectivity index is 1.13. The van der Waals surface area contributed by atoms with Gasteiger partial charge >= 0.3 is 0 Å². The van der Waals surface area contributed by atoms with Crippen molar-refractivity contribution in [3.8, 4) is 17.2 Å². The van der Waals surface area contributed by atoms with Gasteiger partial charge in [-0.05, 0) is 77.7 Å². The van der Waals surface area contributed by atoms with Gasteiger partial charge < -0.3 is 24.1 Å². The van der Waals surface area contributed by atoms with E-state index in [0.29, 0.717) is 72.1 Å². The molecule has 7 rings (SSSR count). The number of hydrogen-bond donors (Lipinski definition) is 3. The summed E-state index contributed by atoms with van der Waals surface area (Å²) in [4.78, 5) is 19.9. The number of sulfone groups is 1. The molecule has 2 atom stereocenters. The molecule has 13 heteroatoms. The maximum Gasteiger partial charge on any atom is 0.266 e. The maximum absolute atomic E-state index is 14.8. The lowest BCUT2D eigenvalue weighted by Gasteiger charge is -2.31. The van der Waals surface area contributed by atoms with Gasteiger partial charge in [0.2, 0.25) is 5.90 Å². The molecule has 0 bridgehead atoms. The number of benzene rings is 6. The Bertz CT molecular complexity index is 2530. The fourth-order valence-corrected chi connectivity index (χ4v) is 8.82. The number of aliphatic imine (C=N–C) groups is 1. The predicted molar refractivity (Wildman–Crippen MR) is 242 cm³/mol. The third kappa shape index (κ3) is 11.3. The highest BCUT2D eigenvalue weighted by Crippen LogP contribution is 2.45. The van der Waals surface area contributed by atoms with Gasteiger partial charge in [0.05, 0.1) is 17.3 Å². The highest BCUT2D eigenvalue weighted by atomic mass is 79.9. The third-order valence-corrected chi connectivity index (χ3v) is 12.7. The summed E-state index contributed by atoms with van der Waals surface area (Å²) in [5, 5.41) is 9.16. The summed E-state index contributed by atoms with van der Waals surface area (Å²) in [7, 11) is -3.84. The van der Waals surface area contributed by atoms with Crippen molar-refractivity contribution in [1.82, 2.24) is 10.9 Å². The molecule has 62 heavy (non-hydrogen) atoms. The van der Waals surface area contributed by atoms with E-state index in [9.17, 15) is 13.2 Å². The molecule has 0 unspecified atom stereocenters. The van der Waals surface area contributed by atoms with Gasteiger partial charge in [-0.25, -0.2) is 18.8 Å². The lowest BCUT2D eigenvalue weighted by molar-refractivity contribution is -0.130. The fraction of sp³-hybridized carbons (Fsp3) is 0.224. The smallest absolute Gasteiger partial charge is 0.266 e. The largest absolute Gasteiger partial charge is 0.494 e. The first-order valence-electron chi connectivity index (χ1n) is 20.4. The molecule has 1 heterocycles. The summed E-state index contributed by atoms with van der Waals surface area (Å²) in [6, 6.07) is 48.2. The molecule has 1 amide bonds. The Morgan fingerprint density at radius 1 is 0.742 bits per heavy atom. The molecule has 6 aromatic carbocycles. The van der Waals surface area contributed by atoms with Crippen molar-refractivity contribution in [3.63, 3.8) is 0 Å². The Morgan fingerprint density at radius 3 is 2.03 bits per heavy atom. The normalized spacial score (nSPS) is 15.9. The SMILES string of the molecule is O=C(NNCCc1ccc(OCc2ccccc2)c(OCc2ccccc2)c1)[C@@]1(CCS(=O)(=O)c2ccccc2)N=C(c2ccc(OCCCO)cc2)O[C@H]1c1ccccc1Br. The topological polar surface area (TPSA) is 145 Å². The Morgan fingerprint density at radius 2 is 1.37 bits per heavy atom. The number of aliphatic hydroxyl groups excluding tert-OH is 1. The number of carbonyl (C=O) groups is 1. The number of aliphatic hydroxyl groups is 1. The monoisotopic (exact) mass is 917 g/mol. The van der Waals surface area contributed by atoms with E-state index in [-0.39, 0.29) is 29.6 Å². The predicted octanol–water partition coefficient (Wildman–Crippen LogP) is 8.35. The van der Waals surface area contributed by atoms with Crippen molar-refractivity contribution in [2.24, 2.45) is 4.99 Å². The average Bonchev–Trinajstić information content (AvgIpc) is 3.70. The molecule has 0 fully saturated rings. The van der Waals surface area contributed by atoms with E-state index < -0.39 is 27.4 Å². The van der Waals surface area contributed by atoms with E-state index in [0.717, 1.165) is 16.7 Å². The highest BCUT2D eigenvalue weighted by Gasteiger charge is 2.54. The zero-order valence-electron chi connectivity index (χ0n) is 34.0. The van der Waals surface area contributed by atoms with Gasteiger partial charge in [0.25, 0.3) is 5.91 Å². The van der Waals surface area contributed by atoms with Crippen LogP contribution in [0, 0.1) is 0 Å². The van der Waals surface area contributed by atoms with E-state index >= 15 is 0 Å². The van der Waals surface area contributed by atoms with Crippen LogP contribution in [0.2, 0.25) is 0 Å². The number of halogens is 1. The number of hydrogen-bond acceptors (Lipinski definition) is 10. The van der Waals surface area contributed by atoms with E-state index in [1.54, 1.807) is 54.6 Å². The molecule has 0 saturated heterocycles. The number of amides is 1. The van der Waals surface area contributed by atoms with Gasteiger partial charge in [0, 0.05) is 41.6 Å². The molecular formula is C49H48BrN3O8S. The summed E-state index contributed by atoms with van der Waals surface area (Å²) < 4.78 is 53.0. The summed E-state index contributed by atoms with van der Waals surface area (Å²) in [6.45, 7) is 1.42. The van der Waals surface area contributed by atoms with Crippen LogP contribution in [0.1, 0.15) is 46.8 Å². The highest BCUT2D eigenvalue weighted by molar-refractivity contribution is 9.10. The zero-order chi connectivity index (χ0) is 43.2. The van der Waals surface area contributed by atoms with Crippen molar-refractivity contribution < 1.29 is 37.3 Å². The quantitative estimate of drug-likeness (QED) is 0.0480. The molecular weight excluding hydrogens is 871 g/mol. The second kappa shape index (κ2) is 21.2. The van der Waals surface area contributed by atoms with Gasteiger partial charge in [0.1, 0.15) is 19.0 Å². The summed E-state index contributed by atoms with van der Waals surface area (Å²) >= 11 is 3.65. The van der Waals surface area contributed by atoms with Gasteiger partial charge in [-0.3, -0.25) is 10.2 Å². The van der Waals surface area contributed by atoms with E-state index in [1.165, 1.54) is 0 Å². The molecule has 1 aliphatic heterocycles. The molecule has 320 valence electrons. The third-order valence-electron chi connectivity index (χ3n) is 10.3. The minimum absolute atomic E-state index is 0.0152. The molecule has 0 aliphatic carbocycles. The number of rotatable bonds is 21. The number of nitrogens with one attached hydrogen (secondary N) is 2. The second-order valence-corrected chi connectivity index (χ2v) is 17.6. The fourth-order valence-electron chi connectivity index (χ4n) is 6.94. The van der Waals surface area contributed by atoms with E-state index in [1.807, 2.05) is 103 Å². The molecule has 0 aromatic heterocycles. The first-order valence-corrected chi connectivity index (χ1v) is 22.8. The van der Waals surface area contributed by atoms with Crippen LogP contribution in [0.5, 0.6) is 17.2 Å². The van der Waals surface area contributed by atoms with Crippen LogP contribution in [0.4, 0.5) is 0 Å². The first kappa shape index (κ1) is 44.1. The summed E-state index contributed by atoms with van der Waals surface area (Å²) in [5.41, 5.74) is 8.42. The summed E-state index contributed by atoms with van der Waals surface area (Å²) in [5.74, 6) is 1.03. The van der Waals surface area contributed by atoms with E-state index in [4.69, 9.17) is 29.0 Å². The van der Waals surface area contributed by atoms with Crippen molar-refractivity contribution >= 4 is 37.6 Å². The second-order valence-electron chi connectivity index (χ2n) is 14.7. The molecule has 6 aromatic rings. The summed E-state index contributed by atoms with van der Waals surface area (Å²) in [6.07, 6.45) is -0.207. The van der Waals surface area contributed by atoms with Crippen molar-refractivity contribution in [3.05, 3.63) is 190 Å². The molecule has 0 spiro atoms. The molecule has 11 nitrogen and oxygen atoms in total. The number of nitrogens with zero attached hydrogens (tertiary/aromatic N) is 1. The van der Waals surface area contributed by atoms with Crippen LogP contribution in [-0.2, 0) is 39.0 Å². The van der Waals surface area contributed by atoms with Crippen LogP contribution in [0.25, 0.3) is 0 Å². The van der Waals surface area contributed by atoms with Crippen LogP contribution in [-0.4, -0.2) is 56.4 Å². The van der Waals surface area contributed by atoms with Crippen molar-refractivity contribution in [2.45, 2.75) is 49.0 Å². The van der Waals surface area contributed by atoms with Crippen LogP contribution >= 0.6 is 15.9 Å². The van der Waals surface area contributed by atoms with E-state index in [2.05, 4.69) is 26.8 Å². The van der Waals surface area contributed by atoms with Gasteiger partial charge in [0.15, 0.2) is 33.0 Å². The minimum Gasteiger partial charge on any atom is -0.494 e. The number of ether oxygens (including phenoxy) is 4. The molecule has 1 aliphatic rings. The van der Waals surface area contributed by atoms with Crippen molar-refractivity contribution in [2.75, 3.05) is 25.5 Å². The van der Waals surface area contributed by atoms with Gasteiger partial charge in [-0.2, -0.15) is 0 Å². The lowest BCUT2D eigenvalue weighted by Crippen LogP contribution is -2.53. The lowest BCUT2D eigenvalue weighted by atomic mass is 9.85. The van der Waals surface area contributed by atoms with Gasteiger partial charge in [-0.1, -0.05) is 119 Å². The average molecular weight is 919 g/mol. The number of carbonyl (C=O) groups excluding carboxylic acids is 1. The zero-order valence-corrected chi connectivity index (χ0v) is 36.4. The Labute approximate surface area is 370 Å². The Kier molecular flexibility index (Phi) is 15.1. The van der Waals surface area contributed by atoms with Gasteiger partial charge in [-0.15, -0.1) is 0 Å². The molecule has 0 radical (unpaired) electrons. The molecule has 0 saturated carbocycles. The Hall–Kier alpha value is -5.99. The van der Waals surface area contributed by atoms with Crippen LogP contribution in [0.15, 0.2) is 172 Å². The number of hydrazine groups is 1. The van der Waals surface area contributed by atoms with Crippen molar-refractivity contribution in [1.29, 1.82) is 0 Å². The maximum atomic E-state index is 14.8. The minimum atomic E-state index is -3.84. The van der Waals surface area contributed by atoms with Crippen LogP contribution in [0.3, 0.4) is 0 Å².